The van der Waals surface area contributed by atoms with Crippen LogP contribution in [0, 0.1) is 12.8 Å². The van der Waals surface area contributed by atoms with Gasteiger partial charge in [0.25, 0.3) is 5.91 Å². The third-order valence-electron chi connectivity index (χ3n) is 5.08. The number of ether oxygens (including phenoxy) is 1. The highest BCUT2D eigenvalue weighted by Crippen LogP contribution is 2.24. The molecule has 0 aliphatic carbocycles. The normalized spacial score (nSPS) is 16.9. The van der Waals surface area contributed by atoms with Gasteiger partial charge in [0.15, 0.2) is 0 Å². The highest BCUT2D eigenvalue weighted by atomic mass is 16.5. The molecule has 5 heteroatoms. The summed E-state index contributed by atoms with van der Waals surface area (Å²) in [4.78, 5) is 13.1. The minimum absolute atomic E-state index is 0.0298. The van der Waals surface area contributed by atoms with E-state index in [0.717, 1.165) is 60.5 Å². The summed E-state index contributed by atoms with van der Waals surface area (Å²) in [6.07, 6.45) is 3.77. The molecule has 1 fully saturated rings. The van der Waals surface area contributed by atoms with E-state index in [-0.39, 0.29) is 12.0 Å². The van der Waals surface area contributed by atoms with Crippen molar-refractivity contribution in [1.29, 1.82) is 0 Å². The zero-order valence-electron chi connectivity index (χ0n) is 16.9. The molecule has 2 aromatic rings. The molecule has 27 heavy (non-hydrogen) atoms. The Labute approximate surface area is 162 Å². The van der Waals surface area contributed by atoms with Crippen molar-refractivity contribution in [2.45, 2.75) is 59.5 Å². The third kappa shape index (κ3) is 4.41. The van der Waals surface area contributed by atoms with Gasteiger partial charge in [0.05, 0.1) is 28.7 Å². The predicted molar refractivity (Wildman–Crippen MR) is 108 cm³/mol. The standard InChI is InChI=1S/C22H31N3O2/c1-5-19-21(22(26)23-14-17-10-8-12-27-17)18(13-15(2)3)24-25(19)20-11-7-6-9-16(20)4/h6-7,9,11,15,17H,5,8,10,12-14H2,1-4H3,(H,23,26)/t17-/m0/s1. The van der Waals surface area contributed by atoms with E-state index in [9.17, 15) is 4.79 Å². The second-order valence-corrected chi connectivity index (χ2v) is 7.76. The van der Waals surface area contributed by atoms with E-state index in [1.807, 2.05) is 16.8 Å². The van der Waals surface area contributed by atoms with Crippen LogP contribution in [0.5, 0.6) is 0 Å². The molecular weight excluding hydrogens is 338 g/mol. The Balaban J connectivity index is 1.96. The van der Waals surface area contributed by atoms with Crippen molar-refractivity contribution < 1.29 is 9.53 Å². The smallest absolute Gasteiger partial charge is 0.255 e. The molecule has 0 radical (unpaired) electrons. The van der Waals surface area contributed by atoms with Gasteiger partial charge in [-0.25, -0.2) is 4.68 Å². The van der Waals surface area contributed by atoms with E-state index in [4.69, 9.17) is 9.84 Å². The number of amides is 1. The highest BCUT2D eigenvalue weighted by Gasteiger charge is 2.25. The number of nitrogens with zero attached hydrogens (tertiary/aromatic N) is 2. The van der Waals surface area contributed by atoms with E-state index < -0.39 is 0 Å². The maximum Gasteiger partial charge on any atom is 0.255 e. The lowest BCUT2D eigenvalue weighted by Crippen LogP contribution is -2.32. The van der Waals surface area contributed by atoms with Gasteiger partial charge >= 0.3 is 0 Å². The van der Waals surface area contributed by atoms with E-state index >= 15 is 0 Å². The number of para-hydroxylation sites is 1. The molecule has 1 aliphatic heterocycles. The largest absolute Gasteiger partial charge is 0.376 e. The molecule has 1 aromatic heterocycles. The van der Waals surface area contributed by atoms with Crippen molar-refractivity contribution in [1.82, 2.24) is 15.1 Å². The Morgan fingerprint density at radius 2 is 2.15 bits per heavy atom. The summed E-state index contributed by atoms with van der Waals surface area (Å²) in [6, 6.07) is 8.19. The predicted octanol–water partition coefficient (Wildman–Crippen LogP) is 3.85. The number of rotatable bonds is 7. The van der Waals surface area contributed by atoms with Crippen molar-refractivity contribution >= 4 is 5.91 Å². The molecule has 0 spiro atoms. The average Bonchev–Trinajstić information content (AvgIpc) is 3.27. The Kier molecular flexibility index (Phi) is 6.32. The van der Waals surface area contributed by atoms with E-state index in [2.05, 4.69) is 45.1 Å². The first-order chi connectivity index (χ1) is 13.0. The van der Waals surface area contributed by atoms with Gasteiger partial charge in [0.1, 0.15) is 0 Å². The summed E-state index contributed by atoms with van der Waals surface area (Å²) >= 11 is 0. The van der Waals surface area contributed by atoms with Crippen LogP contribution in [0.15, 0.2) is 24.3 Å². The lowest BCUT2D eigenvalue weighted by molar-refractivity contribution is 0.0856. The molecule has 3 rings (SSSR count). The van der Waals surface area contributed by atoms with Crippen LogP contribution in [0.25, 0.3) is 5.69 Å². The van der Waals surface area contributed by atoms with Gasteiger partial charge in [-0.1, -0.05) is 39.0 Å². The maximum atomic E-state index is 13.1. The van der Waals surface area contributed by atoms with Crippen LogP contribution in [-0.4, -0.2) is 34.9 Å². The van der Waals surface area contributed by atoms with Gasteiger partial charge in [-0.3, -0.25) is 4.79 Å². The van der Waals surface area contributed by atoms with Crippen LogP contribution < -0.4 is 5.32 Å². The van der Waals surface area contributed by atoms with Crippen molar-refractivity contribution in [3.05, 3.63) is 46.8 Å². The maximum absolute atomic E-state index is 13.1. The first-order valence-electron chi connectivity index (χ1n) is 10.1. The summed E-state index contributed by atoms with van der Waals surface area (Å²) in [5.41, 5.74) is 4.79. The Hall–Kier alpha value is -2.14. The third-order valence-corrected chi connectivity index (χ3v) is 5.08. The molecule has 1 aliphatic rings. The van der Waals surface area contributed by atoms with Crippen LogP contribution in [0.1, 0.15) is 60.9 Å². The Bertz CT molecular complexity index is 789. The van der Waals surface area contributed by atoms with Crippen molar-refractivity contribution in [3.63, 3.8) is 0 Å². The summed E-state index contributed by atoms with van der Waals surface area (Å²) in [5.74, 6) is 0.400. The molecule has 1 amide bonds. The summed E-state index contributed by atoms with van der Waals surface area (Å²) in [6.45, 7) is 9.85. The molecule has 0 saturated carbocycles. The van der Waals surface area contributed by atoms with Crippen molar-refractivity contribution in [2.24, 2.45) is 5.92 Å². The van der Waals surface area contributed by atoms with E-state index in [0.29, 0.717) is 12.5 Å². The summed E-state index contributed by atoms with van der Waals surface area (Å²) < 4.78 is 7.61. The first kappa shape index (κ1) is 19.6. The minimum atomic E-state index is -0.0298. The van der Waals surface area contributed by atoms with Crippen LogP contribution in [0.3, 0.4) is 0 Å². The fourth-order valence-corrected chi connectivity index (χ4v) is 3.72. The van der Waals surface area contributed by atoms with Crippen molar-refractivity contribution in [3.8, 4) is 5.69 Å². The summed E-state index contributed by atoms with van der Waals surface area (Å²) in [7, 11) is 0. The van der Waals surface area contributed by atoms with Gasteiger partial charge < -0.3 is 10.1 Å². The molecule has 1 N–H and O–H groups in total. The monoisotopic (exact) mass is 369 g/mol. The van der Waals surface area contributed by atoms with Crippen LogP contribution >= 0.6 is 0 Å². The zero-order chi connectivity index (χ0) is 19.4. The molecule has 1 atom stereocenters. The molecule has 1 aromatic carbocycles. The number of benzene rings is 1. The number of hydrogen-bond acceptors (Lipinski definition) is 3. The molecule has 146 valence electrons. The minimum Gasteiger partial charge on any atom is -0.376 e. The first-order valence-corrected chi connectivity index (χ1v) is 10.1. The second kappa shape index (κ2) is 8.70. The molecule has 0 bridgehead atoms. The van der Waals surface area contributed by atoms with Gasteiger partial charge in [-0.15, -0.1) is 0 Å². The average molecular weight is 370 g/mol. The summed E-state index contributed by atoms with van der Waals surface area (Å²) in [5, 5.41) is 7.97. The Morgan fingerprint density at radius 1 is 1.37 bits per heavy atom. The SMILES string of the molecule is CCc1c(C(=O)NC[C@@H]2CCCO2)c(CC(C)C)nn1-c1ccccc1C. The lowest BCUT2D eigenvalue weighted by atomic mass is 10.0. The van der Waals surface area contributed by atoms with Crippen LogP contribution in [0.4, 0.5) is 0 Å². The van der Waals surface area contributed by atoms with E-state index in [1.165, 1.54) is 0 Å². The lowest BCUT2D eigenvalue weighted by Gasteiger charge is -2.13. The number of carbonyl (C=O) groups is 1. The van der Waals surface area contributed by atoms with E-state index in [1.54, 1.807) is 0 Å². The number of hydrogen-bond donors (Lipinski definition) is 1. The quantitative estimate of drug-likeness (QED) is 0.806. The molecule has 5 nitrogen and oxygen atoms in total. The van der Waals surface area contributed by atoms with Crippen LogP contribution in [-0.2, 0) is 17.6 Å². The highest BCUT2D eigenvalue weighted by molar-refractivity contribution is 5.96. The number of nitrogens with one attached hydrogen (secondary N) is 1. The number of carbonyl (C=O) groups excluding carboxylic acids is 1. The second-order valence-electron chi connectivity index (χ2n) is 7.76. The number of aromatic nitrogens is 2. The molecule has 1 saturated heterocycles. The van der Waals surface area contributed by atoms with Crippen LogP contribution in [0.2, 0.25) is 0 Å². The molecule has 2 heterocycles. The number of aryl methyl sites for hydroxylation is 1. The topological polar surface area (TPSA) is 56.1 Å². The van der Waals surface area contributed by atoms with Crippen molar-refractivity contribution in [2.75, 3.05) is 13.2 Å². The van der Waals surface area contributed by atoms with Gasteiger partial charge in [-0.05, 0) is 50.2 Å². The van der Waals surface area contributed by atoms with Gasteiger partial charge in [0, 0.05) is 13.2 Å². The fourth-order valence-electron chi connectivity index (χ4n) is 3.72. The fraction of sp³-hybridized carbons (Fsp3) is 0.545. The van der Waals surface area contributed by atoms with Gasteiger partial charge in [0.2, 0.25) is 0 Å². The van der Waals surface area contributed by atoms with Gasteiger partial charge in [-0.2, -0.15) is 5.10 Å². The Morgan fingerprint density at radius 3 is 2.78 bits per heavy atom. The molecule has 0 unspecified atom stereocenters. The molecular formula is C22H31N3O2. The zero-order valence-corrected chi connectivity index (χ0v) is 16.9.